The van der Waals surface area contributed by atoms with Gasteiger partial charge in [-0.3, -0.25) is 0 Å². The van der Waals surface area contributed by atoms with Gasteiger partial charge in [0, 0.05) is 13.1 Å². The number of likely N-dealkylation sites (tertiary alicyclic amines) is 1. The molecule has 0 bridgehead atoms. The summed E-state index contributed by atoms with van der Waals surface area (Å²) in [7, 11) is -3.61. The van der Waals surface area contributed by atoms with Gasteiger partial charge in [0.2, 0.25) is 10.0 Å². The predicted molar refractivity (Wildman–Crippen MR) is 73.2 cm³/mol. The largest absolute Gasteiger partial charge is 0.392 e. The van der Waals surface area contributed by atoms with E-state index in [0.29, 0.717) is 0 Å². The van der Waals surface area contributed by atoms with Gasteiger partial charge in [-0.2, -0.15) is 0 Å². The van der Waals surface area contributed by atoms with E-state index in [2.05, 4.69) is 4.90 Å². The molecule has 3 N–H and O–H groups in total. The van der Waals surface area contributed by atoms with Crippen molar-refractivity contribution < 1.29 is 13.5 Å². The molecule has 0 amide bonds. The van der Waals surface area contributed by atoms with E-state index in [0.717, 1.165) is 44.5 Å². The zero-order valence-corrected chi connectivity index (χ0v) is 11.6. The van der Waals surface area contributed by atoms with Crippen LogP contribution in [0.5, 0.6) is 0 Å². The Balaban J connectivity index is 1.89. The Hall–Kier alpha value is -0.950. The van der Waals surface area contributed by atoms with E-state index >= 15 is 0 Å². The maximum Gasteiger partial charge on any atom is 0.238 e. The highest BCUT2D eigenvalue weighted by Crippen LogP contribution is 2.12. The first-order valence-corrected chi connectivity index (χ1v) is 8.02. The van der Waals surface area contributed by atoms with Crippen molar-refractivity contribution in [2.75, 3.05) is 19.6 Å². The van der Waals surface area contributed by atoms with Gasteiger partial charge in [0.1, 0.15) is 0 Å². The van der Waals surface area contributed by atoms with Crippen molar-refractivity contribution in [2.24, 2.45) is 5.14 Å². The number of hydrogen-bond donors (Lipinski definition) is 2. The van der Waals surface area contributed by atoms with Crippen LogP contribution in [0.1, 0.15) is 18.4 Å². The number of primary sulfonamides is 1. The number of benzene rings is 1. The highest BCUT2D eigenvalue weighted by Gasteiger charge is 2.17. The number of sulfonamides is 1. The first-order chi connectivity index (χ1) is 8.95. The molecule has 1 saturated heterocycles. The number of rotatable bonds is 4. The lowest BCUT2D eigenvalue weighted by Crippen LogP contribution is -2.39. The summed E-state index contributed by atoms with van der Waals surface area (Å²) in [5, 5.41) is 14.6. The lowest BCUT2D eigenvalue weighted by molar-refractivity contribution is 0.0714. The van der Waals surface area contributed by atoms with Crippen LogP contribution in [-0.4, -0.2) is 44.2 Å². The van der Waals surface area contributed by atoms with Crippen molar-refractivity contribution in [2.45, 2.75) is 30.3 Å². The van der Waals surface area contributed by atoms with Gasteiger partial charge in [0.25, 0.3) is 0 Å². The molecule has 1 unspecified atom stereocenters. The molecular weight excluding hydrogens is 264 g/mol. The van der Waals surface area contributed by atoms with Gasteiger partial charge >= 0.3 is 0 Å². The monoisotopic (exact) mass is 284 g/mol. The highest BCUT2D eigenvalue weighted by molar-refractivity contribution is 7.89. The topological polar surface area (TPSA) is 83.6 Å². The molecule has 0 radical (unpaired) electrons. The molecule has 1 aliphatic rings. The molecule has 6 heteroatoms. The van der Waals surface area contributed by atoms with Crippen LogP contribution >= 0.6 is 0 Å². The maximum absolute atomic E-state index is 11.1. The van der Waals surface area contributed by atoms with Gasteiger partial charge in [-0.15, -0.1) is 0 Å². The Morgan fingerprint density at radius 3 is 2.58 bits per heavy atom. The standard InChI is InChI=1S/C13H20N2O3S/c14-19(17,18)13-5-3-11(4-6-13)7-9-15-8-1-2-12(16)10-15/h3-6,12,16H,1-2,7-10H2,(H2,14,17,18). The Morgan fingerprint density at radius 1 is 1.32 bits per heavy atom. The third-order valence-corrected chi connectivity index (χ3v) is 4.38. The van der Waals surface area contributed by atoms with Crippen LogP contribution in [0.3, 0.4) is 0 Å². The number of aliphatic hydroxyl groups excluding tert-OH is 1. The molecule has 0 aliphatic carbocycles. The lowest BCUT2D eigenvalue weighted by Gasteiger charge is -2.29. The Bertz CT molecular complexity index is 513. The number of piperidine rings is 1. The van der Waals surface area contributed by atoms with Gasteiger partial charge in [0.15, 0.2) is 0 Å². The summed E-state index contributed by atoms with van der Waals surface area (Å²) >= 11 is 0. The molecule has 1 heterocycles. The molecule has 5 nitrogen and oxygen atoms in total. The molecule has 0 spiro atoms. The van der Waals surface area contributed by atoms with Crippen molar-refractivity contribution in [1.29, 1.82) is 0 Å². The zero-order valence-electron chi connectivity index (χ0n) is 10.8. The molecule has 2 rings (SSSR count). The van der Waals surface area contributed by atoms with Crippen LogP contribution in [0, 0.1) is 0 Å². The van der Waals surface area contributed by atoms with Gasteiger partial charge in [0.05, 0.1) is 11.0 Å². The number of aliphatic hydroxyl groups is 1. The van der Waals surface area contributed by atoms with Gasteiger partial charge < -0.3 is 10.0 Å². The van der Waals surface area contributed by atoms with Gasteiger partial charge in [-0.25, -0.2) is 13.6 Å². The van der Waals surface area contributed by atoms with E-state index in [-0.39, 0.29) is 11.0 Å². The minimum atomic E-state index is -3.61. The lowest BCUT2D eigenvalue weighted by atomic mass is 10.1. The fraction of sp³-hybridized carbons (Fsp3) is 0.538. The second-order valence-electron chi connectivity index (χ2n) is 5.04. The zero-order chi connectivity index (χ0) is 13.9. The van der Waals surface area contributed by atoms with E-state index in [4.69, 9.17) is 5.14 Å². The SMILES string of the molecule is NS(=O)(=O)c1ccc(CCN2CCCC(O)C2)cc1. The van der Waals surface area contributed by atoms with Gasteiger partial charge in [-0.1, -0.05) is 12.1 Å². The summed E-state index contributed by atoms with van der Waals surface area (Å²) < 4.78 is 22.3. The average Bonchev–Trinajstić information content (AvgIpc) is 2.36. The molecule has 1 aromatic carbocycles. The van der Waals surface area contributed by atoms with E-state index in [9.17, 15) is 13.5 Å². The van der Waals surface area contributed by atoms with Crippen molar-refractivity contribution in [3.05, 3.63) is 29.8 Å². The molecule has 0 aromatic heterocycles. The fourth-order valence-electron chi connectivity index (χ4n) is 2.37. The molecule has 106 valence electrons. The summed E-state index contributed by atoms with van der Waals surface area (Å²) in [4.78, 5) is 2.38. The molecule has 0 saturated carbocycles. The van der Waals surface area contributed by atoms with Crippen LogP contribution in [-0.2, 0) is 16.4 Å². The van der Waals surface area contributed by atoms with Crippen molar-refractivity contribution >= 4 is 10.0 Å². The molecule has 19 heavy (non-hydrogen) atoms. The second kappa shape index (κ2) is 6.00. The summed E-state index contributed by atoms with van der Waals surface area (Å²) in [6.45, 7) is 2.63. The number of nitrogens with two attached hydrogens (primary N) is 1. The van der Waals surface area contributed by atoms with E-state index < -0.39 is 10.0 Å². The summed E-state index contributed by atoms with van der Waals surface area (Å²) in [6, 6.07) is 6.66. The number of hydrogen-bond acceptors (Lipinski definition) is 4. The van der Waals surface area contributed by atoms with Gasteiger partial charge in [-0.05, 0) is 43.5 Å². The van der Waals surface area contributed by atoms with Crippen LogP contribution in [0.15, 0.2) is 29.2 Å². The number of nitrogens with zero attached hydrogens (tertiary/aromatic N) is 1. The van der Waals surface area contributed by atoms with Crippen LogP contribution in [0.4, 0.5) is 0 Å². The summed E-state index contributed by atoms with van der Waals surface area (Å²) in [6.07, 6.45) is 2.56. The highest BCUT2D eigenvalue weighted by atomic mass is 32.2. The average molecular weight is 284 g/mol. The first-order valence-electron chi connectivity index (χ1n) is 6.47. The van der Waals surface area contributed by atoms with Crippen LogP contribution in [0.2, 0.25) is 0 Å². The maximum atomic E-state index is 11.1. The molecule has 1 fully saturated rings. The van der Waals surface area contributed by atoms with Crippen LogP contribution in [0.25, 0.3) is 0 Å². The van der Waals surface area contributed by atoms with E-state index in [1.165, 1.54) is 12.1 Å². The van der Waals surface area contributed by atoms with Crippen LogP contribution < -0.4 is 5.14 Å². The smallest absolute Gasteiger partial charge is 0.238 e. The minimum absolute atomic E-state index is 0.143. The van der Waals surface area contributed by atoms with E-state index in [1.54, 1.807) is 12.1 Å². The Kier molecular flexibility index (Phi) is 4.57. The first kappa shape index (κ1) is 14.5. The normalized spacial score (nSPS) is 21.5. The predicted octanol–water partition coefficient (Wildman–Crippen LogP) is 0.333. The van der Waals surface area contributed by atoms with Crippen molar-refractivity contribution in [1.82, 2.24) is 4.90 Å². The number of β-amino-alcohol motifs (C(OH)–C–C–N with tert-alkyl or cyclic N) is 1. The van der Waals surface area contributed by atoms with E-state index in [1.807, 2.05) is 0 Å². The minimum Gasteiger partial charge on any atom is -0.392 e. The molecule has 1 aliphatic heterocycles. The Morgan fingerprint density at radius 2 is 2.00 bits per heavy atom. The molecule has 1 atom stereocenters. The third-order valence-electron chi connectivity index (χ3n) is 3.45. The molecular formula is C13H20N2O3S. The second-order valence-corrected chi connectivity index (χ2v) is 6.60. The van der Waals surface area contributed by atoms with Crippen molar-refractivity contribution in [3.8, 4) is 0 Å². The summed E-state index contributed by atoms with van der Waals surface area (Å²) in [5.41, 5.74) is 1.08. The molecule has 1 aromatic rings. The Labute approximate surface area is 114 Å². The third kappa shape index (κ3) is 4.28. The summed E-state index contributed by atoms with van der Waals surface area (Å²) in [5.74, 6) is 0. The van der Waals surface area contributed by atoms with Crippen molar-refractivity contribution in [3.63, 3.8) is 0 Å². The quantitative estimate of drug-likeness (QED) is 0.835. The fourth-order valence-corrected chi connectivity index (χ4v) is 2.88.